The van der Waals surface area contributed by atoms with Gasteiger partial charge in [-0.1, -0.05) is 18.7 Å². The van der Waals surface area contributed by atoms with Gasteiger partial charge in [-0.05, 0) is 12.7 Å². The van der Waals surface area contributed by atoms with Crippen LogP contribution in [0.25, 0.3) is 0 Å². The third-order valence-electron chi connectivity index (χ3n) is 2.41. The van der Waals surface area contributed by atoms with Crippen LogP contribution >= 0.6 is 11.8 Å². The van der Waals surface area contributed by atoms with E-state index >= 15 is 0 Å². The van der Waals surface area contributed by atoms with E-state index in [0.717, 1.165) is 17.8 Å². The van der Waals surface area contributed by atoms with Crippen molar-refractivity contribution in [3.05, 3.63) is 18.0 Å². The number of aromatic nitrogens is 4. The van der Waals surface area contributed by atoms with E-state index in [9.17, 15) is 0 Å². The fourth-order valence-electron chi connectivity index (χ4n) is 1.64. The quantitative estimate of drug-likeness (QED) is 0.647. The molecule has 2 aromatic rings. The van der Waals surface area contributed by atoms with Gasteiger partial charge < -0.3 is 11.1 Å². The fourth-order valence-corrected chi connectivity index (χ4v) is 2.02. The third-order valence-corrected chi connectivity index (χ3v) is 2.96. The Balaban J connectivity index is 2.30. The minimum atomic E-state index is 0.457. The molecule has 3 N–H and O–H groups in total. The SMILES string of the molecule is CCc1nn(C)cc1Nc1cc(N)nc(SC)n1. The van der Waals surface area contributed by atoms with Crippen molar-refractivity contribution in [2.75, 3.05) is 17.3 Å². The van der Waals surface area contributed by atoms with Crippen LogP contribution in [0.2, 0.25) is 0 Å². The zero-order valence-corrected chi connectivity index (χ0v) is 11.5. The molecule has 0 saturated carbocycles. The summed E-state index contributed by atoms with van der Waals surface area (Å²) in [6.07, 6.45) is 4.70. The predicted octanol–water partition coefficient (Wildman–Crippen LogP) is 1.82. The lowest BCUT2D eigenvalue weighted by molar-refractivity contribution is 0.746. The monoisotopic (exact) mass is 264 g/mol. The van der Waals surface area contributed by atoms with Crippen LogP contribution < -0.4 is 11.1 Å². The van der Waals surface area contributed by atoms with Crippen LogP contribution in [0, 0.1) is 0 Å². The van der Waals surface area contributed by atoms with Gasteiger partial charge in [-0.25, -0.2) is 9.97 Å². The summed E-state index contributed by atoms with van der Waals surface area (Å²) in [4.78, 5) is 8.47. The van der Waals surface area contributed by atoms with E-state index in [1.807, 2.05) is 19.5 Å². The molecule has 0 aliphatic rings. The highest BCUT2D eigenvalue weighted by Crippen LogP contribution is 2.21. The van der Waals surface area contributed by atoms with E-state index < -0.39 is 0 Å². The molecule has 2 heterocycles. The van der Waals surface area contributed by atoms with Crippen molar-refractivity contribution in [2.24, 2.45) is 7.05 Å². The molecule has 0 fully saturated rings. The highest BCUT2D eigenvalue weighted by Gasteiger charge is 2.08. The molecule has 0 aromatic carbocycles. The lowest BCUT2D eigenvalue weighted by Crippen LogP contribution is -2.00. The van der Waals surface area contributed by atoms with Crippen molar-refractivity contribution >= 4 is 29.1 Å². The fraction of sp³-hybridized carbons (Fsp3) is 0.364. The zero-order chi connectivity index (χ0) is 13.1. The number of hydrogen-bond acceptors (Lipinski definition) is 6. The van der Waals surface area contributed by atoms with Crippen LogP contribution in [-0.2, 0) is 13.5 Å². The van der Waals surface area contributed by atoms with Crippen molar-refractivity contribution in [3.8, 4) is 0 Å². The number of thioether (sulfide) groups is 1. The van der Waals surface area contributed by atoms with Gasteiger partial charge in [0.2, 0.25) is 0 Å². The summed E-state index contributed by atoms with van der Waals surface area (Å²) < 4.78 is 1.78. The van der Waals surface area contributed by atoms with Crippen molar-refractivity contribution < 1.29 is 0 Å². The first-order valence-electron chi connectivity index (χ1n) is 5.60. The Morgan fingerprint density at radius 3 is 2.89 bits per heavy atom. The average Bonchev–Trinajstić information content (AvgIpc) is 2.68. The number of hydrogen-bond donors (Lipinski definition) is 2. The molecule has 0 unspecified atom stereocenters. The molecular formula is C11H16N6S. The van der Waals surface area contributed by atoms with Crippen molar-refractivity contribution in [3.63, 3.8) is 0 Å². The molecule has 0 aliphatic carbocycles. The van der Waals surface area contributed by atoms with Crippen LogP contribution in [0.15, 0.2) is 17.4 Å². The molecule has 7 heteroatoms. The summed E-state index contributed by atoms with van der Waals surface area (Å²) in [7, 11) is 1.89. The van der Waals surface area contributed by atoms with Crippen molar-refractivity contribution in [1.82, 2.24) is 19.7 Å². The van der Waals surface area contributed by atoms with Crippen molar-refractivity contribution in [2.45, 2.75) is 18.5 Å². The van der Waals surface area contributed by atoms with Gasteiger partial charge in [-0.3, -0.25) is 4.68 Å². The maximum Gasteiger partial charge on any atom is 0.191 e. The van der Waals surface area contributed by atoms with Gasteiger partial charge in [-0.15, -0.1) is 0 Å². The number of rotatable bonds is 4. The van der Waals surface area contributed by atoms with Gasteiger partial charge in [0.05, 0.1) is 11.4 Å². The summed E-state index contributed by atoms with van der Waals surface area (Å²) in [5.41, 5.74) is 7.69. The number of nitrogens with two attached hydrogens (primary N) is 1. The second kappa shape index (κ2) is 5.26. The average molecular weight is 264 g/mol. The van der Waals surface area contributed by atoms with Crippen LogP contribution in [0.5, 0.6) is 0 Å². The first-order valence-corrected chi connectivity index (χ1v) is 6.83. The molecule has 18 heavy (non-hydrogen) atoms. The van der Waals surface area contributed by atoms with Gasteiger partial charge in [0, 0.05) is 19.3 Å². The molecule has 0 atom stereocenters. The van der Waals surface area contributed by atoms with Crippen LogP contribution in [0.3, 0.4) is 0 Å². The van der Waals surface area contributed by atoms with Gasteiger partial charge >= 0.3 is 0 Å². The van der Waals surface area contributed by atoms with Gasteiger partial charge in [0.1, 0.15) is 11.6 Å². The molecule has 0 bridgehead atoms. The molecule has 0 radical (unpaired) electrons. The first-order chi connectivity index (χ1) is 8.62. The van der Waals surface area contributed by atoms with Crippen LogP contribution in [0.4, 0.5) is 17.3 Å². The maximum atomic E-state index is 5.74. The summed E-state index contributed by atoms with van der Waals surface area (Å²) >= 11 is 1.46. The second-order valence-corrected chi connectivity index (χ2v) is 4.58. The molecule has 6 nitrogen and oxygen atoms in total. The number of aryl methyl sites for hydroxylation is 2. The number of nitrogens with one attached hydrogen (secondary N) is 1. The lowest BCUT2D eigenvalue weighted by Gasteiger charge is -2.06. The molecule has 0 saturated heterocycles. The summed E-state index contributed by atoms with van der Waals surface area (Å²) in [5, 5.41) is 8.25. The van der Waals surface area contributed by atoms with Gasteiger partial charge in [0.25, 0.3) is 0 Å². The second-order valence-electron chi connectivity index (χ2n) is 3.81. The third kappa shape index (κ3) is 2.73. The molecule has 0 amide bonds. The van der Waals surface area contributed by atoms with E-state index in [4.69, 9.17) is 5.73 Å². The van der Waals surface area contributed by atoms with E-state index in [2.05, 4.69) is 27.3 Å². The van der Waals surface area contributed by atoms with E-state index in [-0.39, 0.29) is 0 Å². The standard InChI is InChI=1S/C11H16N6S/c1-4-7-8(6-17(2)16-7)13-10-5-9(12)14-11(15-10)18-3/h5-6H,4H2,1-3H3,(H3,12,13,14,15). The number of nitrogen functional groups attached to an aromatic ring is 1. The maximum absolute atomic E-state index is 5.74. The van der Waals surface area contributed by atoms with E-state index in [1.165, 1.54) is 11.8 Å². The highest BCUT2D eigenvalue weighted by molar-refractivity contribution is 7.98. The zero-order valence-electron chi connectivity index (χ0n) is 10.6. The summed E-state index contributed by atoms with van der Waals surface area (Å²) in [5.74, 6) is 1.15. The summed E-state index contributed by atoms with van der Waals surface area (Å²) in [6, 6.07) is 1.71. The van der Waals surface area contributed by atoms with Crippen LogP contribution in [-0.4, -0.2) is 26.0 Å². The molecule has 2 rings (SSSR count). The lowest BCUT2D eigenvalue weighted by atomic mass is 10.3. The Labute approximate surface area is 110 Å². The molecule has 0 spiro atoms. The molecule has 0 aliphatic heterocycles. The minimum Gasteiger partial charge on any atom is -0.383 e. The van der Waals surface area contributed by atoms with Crippen molar-refractivity contribution in [1.29, 1.82) is 0 Å². The Hall–Kier alpha value is -1.76. The van der Waals surface area contributed by atoms with E-state index in [0.29, 0.717) is 16.8 Å². The van der Waals surface area contributed by atoms with Gasteiger partial charge in [0.15, 0.2) is 5.16 Å². The molecular weight excluding hydrogens is 248 g/mol. The number of nitrogens with zero attached hydrogens (tertiary/aromatic N) is 4. The predicted molar refractivity (Wildman–Crippen MR) is 74.1 cm³/mol. The molecule has 2 aromatic heterocycles. The Kier molecular flexibility index (Phi) is 3.71. The normalized spacial score (nSPS) is 10.6. The largest absolute Gasteiger partial charge is 0.383 e. The van der Waals surface area contributed by atoms with Crippen LogP contribution in [0.1, 0.15) is 12.6 Å². The highest BCUT2D eigenvalue weighted by atomic mass is 32.2. The van der Waals surface area contributed by atoms with Gasteiger partial charge in [-0.2, -0.15) is 5.10 Å². The Morgan fingerprint density at radius 1 is 1.44 bits per heavy atom. The topological polar surface area (TPSA) is 81.7 Å². The first kappa shape index (κ1) is 12.7. The smallest absolute Gasteiger partial charge is 0.191 e. The Bertz CT molecular complexity index is 550. The number of anilines is 3. The summed E-state index contributed by atoms with van der Waals surface area (Å²) in [6.45, 7) is 2.06. The Morgan fingerprint density at radius 2 is 2.22 bits per heavy atom. The molecule has 96 valence electrons. The minimum absolute atomic E-state index is 0.457. The van der Waals surface area contributed by atoms with E-state index in [1.54, 1.807) is 10.7 Å².